The van der Waals surface area contributed by atoms with Gasteiger partial charge in [0.15, 0.2) is 0 Å². The van der Waals surface area contributed by atoms with Gasteiger partial charge >= 0.3 is 17.9 Å². The van der Waals surface area contributed by atoms with Crippen LogP contribution in [0, 0.1) is 28.6 Å². The topological polar surface area (TPSA) is 111 Å². The first-order valence-corrected chi connectivity index (χ1v) is 13.8. The molecular weight excluding hydrogens is 474 g/mol. The van der Waals surface area contributed by atoms with E-state index >= 15 is 0 Å². The van der Waals surface area contributed by atoms with Gasteiger partial charge in [0.25, 0.3) is 0 Å². The van der Waals surface area contributed by atoms with Crippen molar-refractivity contribution in [1.29, 1.82) is 0 Å². The van der Waals surface area contributed by atoms with Crippen LogP contribution < -0.4 is 0 Å². The summed E-state index contributed by atoms with van der Waals surface area (Å²) in [5, 5.41) is 10.9. The second-order valence-corrected chi connectivity index (χ2v) is 12.1. The Morgan fingerprint density at radius 3 is 2.46 bits per heavy atom. The van der Waals surface area contributed by atoms with Gasteiger partial charge in [0.05, 0.1) is 18.2 Å². The van der Waals surface area contributed by atoms with E-state index in [1.807, 2.05) is 0 Å². The van der Waals surface area contributed by atoms with E-state index in [-0.39, 0.29) is 41.3 Å². The Labute approximate surface area is 220 Å². The molecule has 4 rings (SSSR count). The Morgan fingerprint density at radius 2 is 1.81 bits per heavy atom. The van der Waals surface area contributed by atoms with Crippen LogP contribution >= 0.6 is 0 Å². The lowest BCUT2D eigenvalue weighted by atomic mass is 9.49. The lowest BCUT2D eigenvalue weighted by Gasteiger charge is -2.58. The fraction of sp³-hybridized carbons (Fsp3) is 0.793. The molecule has 1 heterocycles. The lowest BCUT2D eigenvalue weighted by molar-refractivity contribution is -0.155. The summed E-state index contributed by atoms with van der Waals surface area (Å²) in [6.45, 7) is 9.47. The lowest BCUT2D eigenvalue weighted by Crippen LogP contribution is -2.58. The van der Waals surface area contributed by atoms with Crippen LogP contribution in [0.15, 0.2) is 16.1 Å². The highest BCUT2D eigenvalue weighted by Crippen LogP contribution is 2.61. The average Bonchev–Trinajstić information content (AvgIpc) is 2.83. The van der Waals surface area contributed by atoms with E-state index in [0.717, 1.165) is 37.8 Å². The van der Waals surface area contributed by atoms with Crippen LogP contribution in [-0.2, 0) is 28.6 Å². The molecule has 0 aromatic rings. The third kappa shape index (κ3) is 5.10. The van der Waals surface area contributed by atoms with Crippen LogP contribution in [-0.4, -0.2) is 54.3 Å². The predicted octanol–water partition coefficient (Wildman–Crippen LogP) is 4.53. The van der Waals surface area contributed by atoms with Crippen molar-refractivity contribution in [3.05, 3.63) is 11.1 Å². The first-order chi connectivity index (χ1) is 17.4. The number of methoxy groups -OCH3 is 1. The number of nitrogens with zero attached hydrogens (tertiary/aromatic N) is 1. The Kier molecular flexibility index (Phi) is 7.89. The van der Waals surface area contributed by atoms with Gasteiger partial charge in [0.2, 0.25) is 0 Å². The standard InChI is InChI=1S/C29H43NO7/c1-16(7-10-26(34)35-6)22-15-25(33)30-27-21-9-8-19-13-20(36-17(2)31)11-12-28(19,4)23(21)14-24(29(22,27)5)37-18(3)32/h16,19-20,22,24-25,33H,7-15H2,1-6H3/t16-,19-,20-,22-,24+,25-,28+,29+/m1/s1. The van der Waals surface area contributed by atoms with Crippen molar-refractivity contribution in [1.82, 2.24) is 0 Å². The van der Waals surface area contributed by atoms with Crippen molar-refractivity contribution in [2.24, 2.45) is 33.6 Å². The van der Waals surface area contributed by atoms with E-state index in [4.69, 9.17) is 19.2 Å². The number of allylic oxidation sites excluding steroid dienone is 1. The number of esters is 3. The van der Waals surface area contributed by atoms with E-state index < -0.39 is 17.7 Å². The fourth-order valence-corrected chi connectivity index (χ4v) is 7.98. The van der Waals surface area contributed by atoms with E-state index in [2.05, 4.69) is 20.8 Å². The van der Waals surface area contributed by atoms with Crippen LogP contribution in [0.4, 0.5) is 0 Å². The molecule has 1 N–H and O–H groups in total. The predicted molar refractivity (Wildman–Crippen MR) is 138 cm³/mol. The zero-order valence-electron chi connectivity index (χ0n) is 23.2. The van der Waals surface area contributed by atoms with Crippen molar-refractivity contribution in [3.8, 4) is 0 Å². The fourth-order valence-electron chi connectivity index (χ4n) is 7.98. The minimum Gasteiger partial charge on any atom is -0.469 e. The summed E-state index contributed by atoms with van der Waals surface area (Å²) < 4.78 is 16.5. The monoisotopic (exact) mass is 517 g/mol. The van der Waals surface area contributed by atoms with E-state index in [1.54, 1.807) is 0 Å². The van der Waals surface area contributed by atoms with Crippen molar-refractivity contribution < 1.29 is 33.7 Å². The Morgan fingerprint density at radius 1 is 1.11 bits per heavy atom. The molecule has 0 saturated heterocycles. The number of carbonyl (C=O) groups is 3. The van der Waals surface area contributed by atoms with Crippen LogP contribution in [0.25, 0.3) is 0 Å². The third-order valence-corrected chi connectivity index (χ3v) is 9.96. The maximum Gasteiger partial charge on any atom is 0.305 e. The van der Waals surface area contributed by atoms with Crippen molar-refractivity contribution in [3.63, 3.8) is 0 Å². The Balaban J connectivity index is 1.73. The molecule has 206 valence electrons. The maximum absolute atomic E-state index is 12.4. The van der Waals surface area contributed by atoms with Gasteiger partial charge < -0.3 is 19.3 Å². The quantitative estimate of drug-likeness (QED) is 0.407. The summed E-state index contributed by atoms with van der Waals surface area (Å²) in [4.78, 5) is 40.7. The maximum atomic E-state index is 12.4. The molecule has 1 saturated carbocycles. The summed E-state index contributed by atoms with van der Waals surface area (Å²) in [5.74, 6) is -0.346. The normalized spacial score (nSPS) is 37.8. The Bertz CT molecular complexity index is 1000. The highest BCUT2D eigenvalue weighted by atomic mass is 16.5. The van der Waals surface area contributed by atoms with E-state index in [1.165, 1.54) is 32.1 Å². The van der Waals surface area contributed by atoms with Gasteiger partial charge in [-0.05, 0) is 73.7 Å². The summed E-state index contributed by atoms with van der Waals surface area (Å²) in [6, 6.07) is 0. The molecule has 0 unspecified atom stereocenters. The summed E-state index contributed by atoms with van der Waals surface area (Å²) in [7, 11) is 1.39. The molecule has 0 amide bonds. The van der Waals surface area contributed by atoms with E-state index in [0.29, 0.717) is 31.6 Å². The summed E-state index contributed by atoms with van der Waals surface area (Å²) in [5.41, 5.74) is 2.75. The molecule has 8 atom stereocenters. The molecule has 37 heavy (non-hydrogen) atoms. The number of rotatable bonds is 6. The third-order valence-electron chi connectivity index (χ3n) is 9.96. The van der Waals surface area contributed by atoms with Gasteiger partial charge in [-0.25, -0.2) is 0 Å². The largest absolute Gasteiger partial charge is 0.469 e. The van der Waals surface area contributed by atoms with Gasteiger partial charge in [0, 0.05) is 26.7 Å². The first kappa shape index (κ1) is 27.8. The number of hydrogen-bond acceptors (Lipinski definition) is 8. The second-order valence-electron chi connectivity index (χ2n) is 12.1. The second kappa shape index (κ2) is 10.5. The van der Waals surface area contributed by atoms with E-state index in [9.17, 15) is 19.5 Å². The van der Waals surface area contributed by atoms with Gasteiger partial charge in [0.1, 0.15) is 18.4 Å². The molecular formula is C29H43NO7. The Hall–Kier alpha value is -2.22. The number of fused-ring (bicyclic) bond motifs is 4. The number of carbonyl (C=O) groups excluding carboxylic acids is 3. The minimum atomic E-state index is -0.830. The highest BCUT2D eigenvalue weighted by molar-refractivity contribution is 6.07. The molecule has 0 spiro atoms. The molecule has 3 aliphatic carbocycles. The molecule has 1 aliphatic heterocycles. The number of aliphatic imine (C=N–C) groups is 1. The van der Waals surface area contributed by atoms with Crippen LogP contribution in [0.3, 0.4) is 0 Å². The van der Waals surface area contributed by atoms with Gasteiger partial charge in [-0.3, -0.25) is 19.4 Å². The van der Waals surface area contributed by atoms with Crippen molar-refractivity contribution in [2.45, 2.75) is 111 Å². The zero-order chi connectivity index (χ0) is 27.1. The SMILES string of the molecule is COC(=O)CC[C@@H](C)[C@H]1C[C@@H](O)N=C2C3=C(C[C@H](OC(C)=O)[C@@]21C)[C@@]1(C)CC[C@@H](OC(C)=O)C[C@H]1CC3. The van der Waals surface area contributed by atoms with Crippen LogP contribution in [0.5, 0.6) is 0 Å². The number of hydrogen-bond donors (Lipinski definition) is 1. The van der Waals surface area contributed by atoms with Gasteiger partial charge in [-0.1, -0.05) is 26.3 Å². The van der Waals surface area contributed by atoms with Crippen molar-refractivity contribution >= 4 is 23.6 Å². The first-order valence-electron chi connectivity index (χ1n) is 13.8. The highest BCUT2D eigenvalue weighted by Gasteiger charge is 2.59. The number of aliphatic hydroxyl groups excluding tert-OH is 1. The van der Waals surface area contributed by atoms with Gasteiger partial charge in [-0.2, -0.15) is 0 Å². The molecule has 8 heteroatoms. The molecule has 0 aromatic carbocycles. The smallest absolute Gasteiger partial charge is 0.305 e. The van der Waals surface area contributed by atoms with Crippen LogP contribution in [0.1, 0.15) is 92.4 Å². The number of ether oxygens (including phenoxy) is 3. The zero-order valence-corrected chi connectivity index (χ0v) is 23.2. The van der Waals surface area contributed by atoms with Gasteiger partial charge in [-0.15, -0.1) is 0 Å². The summed E-state index contributed by atoms with van der Waals surface area (Å²) in [6.07, 6.45) is 5.12. The van der Waals surface area contributed by atoms with Crippen molar-refractivity contribution in [2.75, 3.05) is 7.11 Å². The van der Waals surface area contributed by atoms with Crippen LogP contribution in [0.2, 0.25) is 0 Å². The molecule has 4 aliphatic rings. The molecule has 0 radical (unpaired) electrons. The molecule has 8 nitrogen and oxygen atoms in total. The number of aliphatic hydroxyl groups is 1. The summed E-state index contributed by atoms with van der Waals surface area (Å²) >= 11 is 0. The average molecular weight is 518 g/mol. The molecule has 0 bridgehead atoms. The molecule has 0 aromatic heterocycles. The molecule has 1 fully saturated rings. The minimum absolute atomic E-state index is 0.0108.